The summed E-state index contributed by atoms with van der Waals surface area (Å²) in [6.07, 6.45) is 2.72. The summed E-state index contributed by atoms with van der Waals surface area (Å²) in [7, 11) is 0. The molecule has 3 amide bonds. The van der Waals surface area contributed by atoms with E-state index in [1.54, 1.807) is 18.4 Å². The van der Waals surface area contributed by atoms with Crippen LogP contribution in [-0.2, 0) is 11.3 Å². The van der Waals surface area contributed by atoms with E-state index in [9.17, 15) is 9.59 Å². The second-order valence-corrected chi connectivity index (χ2v) is 4.32. The lowest BCUT2D eigenvalue weighted by Gasteiger charge is -2.11. The van der Waals surface area contributed by atoms with Crippen molar-refractivity contribution in [2.75, 3.05) is 6.54 Å². The number of rotatable bonds is 7. The Kier molecular flexibility index (Phi) is 6.49. The Balaban J connectivity index is 2.08. The number of amides is 3. The van der Waals surface area contributed by atoms with E-state index in [-0.39, 0.29) is 24.4 Å². The largest absolute Gasteiger partial charge is 0.467 e. The second kappa shape index (κ2) is 8.18. The van der Waals surface area contributed by atoms with Gasteiger partial charge < -0.3 is 20.4 Å². The molecule has 6 heteroatoms. The summed E-state index contributed by atoms with van der Waals surface area (Å²) in [5.74, 6) is 0.630. The van der Waals surface area contributed by atoms with Crippen molar-refractivity contribution >= 4 is 11.9 Å². The van der Waals surface area contributed by atoms with Gasteiger partial charge in [-0.25, -0.2) is 4.79 Å². The van der Waals surface area contributed by atoms with E-state index in [1.807, 2.05) is 13.8 Å². The van der Waals surface area contributed by atoms with Crippen molar-refractivity contribution in [3.05, 3.63) is 24.2 Å². The Morgan fingerprint density at radius 3 is 2.79 bits per heavy atom. The van der Waals surface area contributed by atoms with E-state index in [0.717, 1.165) is 6.42 Å². The van der Waals surface area contributed by atoms with E-state index < -0.39 is 0 Å². The third-order valence-electron chi connectivity index (χ3n) is 2.66. The minimum Gasteiger partial charge on any atom is -0.467 e. The molecule has 3 N–H and O–H groups in total. The molecule has 0 spiro atoms. The zero-order valence-corrected chi connectivity index (χ0v) is 11.4. The predicted molar refractivity (Wildman–Crippen MR) is 71.5 cm³/mol. The van der Waals surface area contributed by atoms with Crippen molar-refractivity contribution in [3.63, 3.8) is 0 Å². The molecule has 0 saturated carbocycles. The van der Waals surface area contributed by atoms with Crippen LogP contribution in [0.2, 0.25) is 0 Å². The van der Waals surface area contributed by atoms with Crippen LogP contribution < -0.4 is 16.0 Å². The van der Waals surface area contributed by atoms with Gasteiger partial charge in [-0.3, -0.25) is 4.79 Å². The van der Waals surface area contributed by atoms with Crippen molar-refractivity contribution < 1.29 is 14.0 Å². The number of nitrogens with one attached hydrogen (secondary N) is 3. The first-order valence-corrected chi connectivity index (χ1v) is 6.45. The molecule has 0 aromatic carbocycles. The fraction of sp³-hybridized carbons (Fsp3) is 0.538. The standard InChI is InChI=1S/C13H21N3O3/c1-3-10(2)16-12(17)6-7-14-13(18)15-9-11-5-4-8-19-11/h4-5,8,10H,3,6-7,9H2,1-2H3,(H,16,17)(H2,14,15,18). The predicted octanol–water partition coefficient (Wildman–Crippen LogP) is 1.38. The third kappa shape index (κ3) is 6.49. The topological polar surface area (TPSA) is 83.4 Å². The zero-order valence-electron chi connectivity index (χ0n) is 11.4. The van der Waals surface area contributed by atoms with Crippen molar-refractivity contribution in [3.8, 4) is 0 Å². The molecule has 0 aliphatic heterocycles. The van der Waals surface area contributed by atoms with E-state index in [2.05, 4.69) is 16.0 Å². The Morgan fingerprint density at radius 2 is 2.16 bits per heavy atom. The molecule has 0 fully saturated rings. The van der Waals surface area contributed by atoms with Gasteiger partial charge in [0.25, 0.3) is 0 Å². The van der Waals surface area contributed by atoms with Crippen LogP contribution in [0.15, 0.2) is 22.8 Å². The summed E-state index contributed by atoms with van der Waals surface area (Å²) in [6, 6.07) is 3.39. The number of carbonyl (C=O) groups excluding carboxylic acids is 2. The van der Waals surface area contributed by atoms with Crippen LogP contribution in [0.3, 0.4) is 0 Å². The van der Waals surface area contributed by atoms with Crippen LogP contribution in [0.25, 0.3) is 0 Å². The average Bonchev–Trinajstić information content (AvgIpc) is 2.89. The molecule has 0 radical (unpaired) electrons. The van der Waals surface area contributed by atoms with Crippen molar-refractivity contribution in [2.45, 2.75) is 39.3 Å². The zero-order chi connectivity index (χ0) is 14.1. The molecule has 0 aliphatic carbocycles. The van der Waals surface area contributed by atoms with Gasteiger partial charge in [0.05, 0.1) is 12.8 Å². The summed E-state index contributed by atoms with van der Waals surface area (Å²) in [5.41, 5.74) is 0. The lowest BCUT2D eigenvalue weighted by molar-refractivity contribution is -0.121. The maximum Gasteiger partial charge on any atom is 0.315 e. The summed E-state index contributed by atoms with van der Waals surface area (Å²) < 4.78 is 5.08. The lowest BCUT2D eigenvalue weighted by atomic mass is 10.2. The molecular weight excluding hydrogens is 246 g/mol. The fourth-order valence-corrected chi connectivity index (χ4v) is 1.38. The molecule has 1 rings (SSSR count). The molecule has 106 valence electrons. The second-order valence-electron chi connectivity index (χ2n) is 4.32. The molecule has 1 heterocycles. The number of carbonyl (C=O) groups is 2. The molecule has 1 aromatic heterocycles. The van der Waals surface area contributed by atoms with Crippen LogP contribution in [0.5, 0.6) is 0 Å². The van der Waals surface area contributed by atoms with Crippen molar-refractivity contribution in [1.82, 2.24) is 16.0 Å². The first-order valence-electron chi connectivity index (χ1n) is 6.45. The van der Waals surface area contributed by atoms with Gasteiger partial charge in [0.1, 0.15) is 5.76 Å². The maximum absolute atomic E-state index is 11.4. The molecule has 1 atom stereocenters. The van der Waals surface area contributed by atoms with E-state index >= 15 is 0 Å². The minimum absolute atomic E-state index is 0.0549. The highest BCUT2D eigenvalue weighted by molar-refractivity contribution is 5.78. The molecule has 19 heavy (non-hydrogen) atoms. The number of furan rings is 1. The first-order chi connectivity index (χ1) is 9.11. The summed E-state index contributed by atoms with van der Waals surface area (Å²) >= 11 is 0. The third-order valence-corrected chi connectivity index (χ3v) is 2.66. The van der Waals surface area contributed by atoms with Crippen LogP contribution >= 0.6 is 0 Å². The average molecular weight is 267 g/mol. The smallest absolute Gasteiger partial charge is 0.315 e. The Bertz CT molecular complexity index is 390. The summed E-state index contributed by atoms with van der Waals surface area (Å²) in [4.78, 5) is 22.8. The van der Waals surface area contributed by atoms with E-state index in [0.29, 0.717) is 18.8 Å². The highest BCUT2D eigenvalue weighted by Gasteiger charge is 2.06. The summed E-state index contributed by atoms with van der Waals surface area (Å²) in [6.45, 7) is 4.59. The monoisotopic (exact) mass is 267 g/mol. The fourth-order valence-electron chi connectivity index (χ4n) is 1.38. The first kappa shape index (κ1) is 15.1. The Labute approximate surface area is 112 Å². The van der Waals surface area contributed by atoms with Gasteiger partial charge in [-0.1, -0.05) is 6.92 Å². The van der Waals surface area contributed by atoms with Crippen LogP contribution in [0, 0.1) is 0 Å². The van der Waals surface area contributed by atoms with E-state index in [1.165, 1.54) is 0 Å². The highest BCUT2D eigenvalue weighted by Crippen LogP contribution is 1.98. The number of urea groups is 1. The van der Waals surface area contributed by atoms with Gasteiger partial charge in [-0.15, -0.1) is 0 Å². The maximum atomic E-state index is 11.4. The molecule has 0 saturated heterocycles. The SMILES string of the molecule is CCC(C)NC(=O)CCNC(=O)NCc1ccco1. The number of hydrogen-bond acceptors (Lipinski definition) is 3. The molecular formula is C13H21N3O3. The van der Waals surface area contributed by atoms with Crippen molar-refractivity contribution in [2.24, 2.45) is 0 Å². The van der Waals surface area contributed by atoms with Crippen LogP contribution in [0.1, 0.15) is 32.4 Å². The van der Waals surface area contributed by atoms with Gasteiger partial charge in [0.15, 0.2) is 0 Å². The molecule has 6 nitrogen and oxygen atoms in total. The Hall–Kier alpha value is -1.98. The van der Waals surface area contributed by atoms with Gasteiger partial charge in [0.2, 0.25) is 5.91 Å². The minimum atomic E-state index is -0.312. The normalized spacial score (nSPS) is 11.7. The number of hydrogen-bond donors (Lipinski definition) is 3. The molecule has 0 bridgehead atoms. The molecule has 1 unspecified atom stereocenters. The van der Waals surface area contributed by atoms with E-state index in [4.69, 9.17) is 4.42 Å². The van der Waals surface area contributed by atoms with Gasteiger partial charge in [-0.2, -0.15) is 0 Å². The Morgan fingerprint density at radius 1 is 1.37 bits per heavy atom. The van der Waals surface area contributed by atoms with Gasteiger partial charge >= 0.3 is 6.03 Å². The van der Waals surface area contributed by atoms with Crippen molar-refractivity contribution in [1.29, 1.82) is 0 Å². The summed E-state index contributed by atoms with van der Waals surface area (Å²) in [5, 5.41) is 8.08. The quantitative estimate of drug-likeness (QED) is 0.698. The highest BCUT2D eigenvalue weighted by atomic mass is 16.3. The van der Waals surface area contributed by atoms with Gasteiger partial charge in [0, 0.05) is 19.0 Å². The lowest BCUT2D eigenvalue weighted by Crippen LogP contribution is -2.38. The van der Waals surface area contributed by atoms with Crippen LogP contribution in [0.4, 0.5) is 4.79 Å². The molecule has 0 aliphatic rings. The molecule has 1 aromatic rings. The van der Waals surface area contributed by atoms with Gasteiger partial charge in [-0.05, 0) is 25.5 Å². The van der Waals surface area contributed by atoms with Crippen LogP contribution in [-0.4, -0.2) is 24.5 Å².